The minimum absolute atomic E-state index is 0.176. The molecule has 1 aliphatic rings. The standard InChI is InChI=1S/C17H20FN3OS/c18-13-5-4-6-14(9-13)19-16(22)10-15-12-23-17(20-15)11-21-7-2-1-3-8-21/h4-6,9,12H,1-3,7-8,10-11H2,(H,19,22). The van der Waals surface area contributed by atoms with Crippen LogP contribution in [0.5, 0.6) is 0 Å². The Kier molecular flexibility index (Phi) is 5.35. The lowest BCUT2D eigenvalue weighted by atomic mass is 10.1. The van der Waals surface area contributed by atoms with Gasteiger partial charge in [-0.15, -0.1) is 11.3 Å². The van der Waals surface area contributed by atoms with Crippen LogP contribution < -0.4 is 5.32 Å². The van der Waals surface area contributed by atoms with Gasteiger partial charge < -0.3 is 5.32 Å². The lowest BCUT2D eigenvalue weighted by Crippen LogP contribution is -2.29. The van der Waals surface area contributed by atoms with Gasteiger partial charge in [0.15, 0.2) is 0 Å². The summed E-state index contributed by atoms with van der Waals surface area (Å²) in [5.74, 6) is -0.536. The van der Waals surface area contributed by atoms with Crippen molar-refractivity contribution in [2.24, 2.45) is 0 Å². The molecule has 0 spiro atoms. The van der Waals surface area contributed by atoms with Crippen LogP contribution in [0.15, 0.2) is 29.6 Å². The molecule has 0 atom stereocenters. The minimum atomic E-state index is -0.361. The number of benzene rings is 1. The summed E-state index contributed by atoms with van der Waals surface area (Å²) in [5.41, 5.74) is 1.25. The number of thiazole rings is 1. The van der Waals surface area contributed by atoms with Gasteiger partial charge in [0.1, 0.15) is 10.8 Å². The highest BCUT2D eigenvalue weighted by molar-refractivity contribution is 7.09. The van der Waals surface area contributed by atoms with Crippen molar-refractivity contribution >= 4 is 22.9 Å². The average Bonchev–Trinajstić information content (AvgIpc) is 2.95. The van der Waals surface area contributed by atoms with Crippen LogP contribution in [0.25, 0.3) is 0 Å². The van der Waals surface area contributed by atoms with Crippen LogP contribution in [0.1, 0.15) is 30.0 Å². The molecule has 1 N–H and O–H groups in total. The smallest absolute Gasteiger partial charge is 0.230 e. The monoisotopic (exact) mass is 333 g/mol. The second-order valence-electron chi connectivity index (χ2n) is 5.80. The molecule has 4 nitrogen and oxygen atoms in total. The van der Waals surface area contributed by atoms with Crippen molar-refractivity contribution in [3.63, 3.8) is 0 Å². The molecule has 0 saturated carbocycles. The second-order valence-corrected chi connectivity index (χ2v) is 6.75. The lowest BCUT2D eigenvalue weighted by Gasteiger charge is -2.25. The number of hydrogen-bond donors (Lipinski definition) is 1. The molecule has 0 aliphatic carbocycles. The van der Waals surface area contributed by atoms with Crippen molar-refractivity contribution < 1.29 is 9.18 Å². The molecule has 2 heterocycles. The van der Waals surface area contributed by atoms with Crippen LogP contribution in [0.3, 0.4) is 0 Å². The zero-order chi connectivity index (χ0) is 16.1. The summed E-state index contributed by atoms with van der Waals surface area (Å²) in [5, 5.41) is 5.69. The molecule has 1 aromatic heterocycles. The number of rotatable bonds is 5. The summed E-state index contributed by atoms with van der Waals surface area (Å²) in [6, 6.07) is 5.90. The SMILES string of the molecule is O=C(Cc1csc(CN2CCCCC2)n1)Nc1cccc(F)c1. The van der Waals surface area contributed by atoms with E-state index in [1.165, 1.54) is 31.4 Å². The predicted molar refractivity (Wildman–Crippen MR) is 90.0 cm³/mol. The number of hydrogen-bond acceptors (Lipinski definition) is 4. The van der Waals surface area contributed by atoms with Gasteiger partial charge in [-0.3, -0.25) is 9.69 Å². The largest absolute Gasteiger partial charge is 0.326 e. The number of carbonyl (C=O) groups excluding carboxylic acids is 1. The maximum atomic E-state index is 13.1. The number of amides is 1. The Bertz CT molecular complexity index is 667. The molecule has 0 bridgehead atoms. The number of halogens is 1. The molecule has 6 heteroatoms. The van der Waals surface area contributed by atoms with E-state index in [1.54, 1.807) is 23.5 Å². The summed E-state index contributed by atoms with van der Waals surface area (Å²) in [7, 11) is 0. The summed E-state index contributed by atoms with van der Waals surface area (Å²) in [4.78, 5) is 19.0. The molecule has 1 fully saturated rings. The summed E-state index contributed by atoms with van der Waals surface area (Å²) < 4.78 is 13.1. The number of anilines is 1. The van der Waals surface area contributed by atoms with E-state index < -0.39 is 0 Å². The fourth-order valence-corrected chi connectivity index (χ4v) is 3.58. The summed E-state index contributed by atoms with van der Waals surface area (Å²) in [6.45, 7) is 3.14. The molecular formula is C17H20FN3OS. The van der Waals surface area contributed by atoms with E-state index in [-0.39, 0.29) is 18.1 Å². The Labute approximate surface area is 139 Å². The van der Waals surface area contributed by atoms with E-state index in [2.05, 4.69) is 15.2 Å². The lowest BCUT2D eigenvalue weighted by molar-refractivity contribution is -0.115. The van der Waals surface area contributed by atoms with Crippen LogP contribution in [-0.2, 0) is 17.8 Å². The molecular weight excluding hydrogens is 313 g/mol. The van der Waals surface area contributed by atoms with Gasteiger partial charge in [0.05, 0.1) is 18.7 Å². The first-order valence-corrected chi connectivity index (χ1v) is 8.78. The number of carbonyl (C=O) groups is 1. The van der Waals surface area contributed by atoms with Crippen molar-refractivity contribution in [2.75, 3.05) is 18.4 Å². The van der Waals surface area contributed by atoms with Crippen LogP contribution in [0.2, 0.25) is 0 Å². The normalized spacial score (nSPS) is 15.5. The van der Waals surface area contributed by atoms with E-state index in [0.717, 1.165) is 30.3 Å². The highest BCUT2D eigenvalue weighted by atomic mass is 32.1. The van der Waals surface area contributed by atoms with Gasteiger partial charge in [-0.2, -0.15) is 0 Å². The van der Waals surface area contributed by atoms with Crippen molar-refractivity contribution in [3.8, 4) is 0 Å². The van der Waals surface area contributed by atoms with Gasteiger partial charge in [0, 0.05) is 11.1 Å². The summed E-state index contributed by atoms with van der Waals surface area (Å²) >= 11 is 1.60. The highest BCUT2D eigenvalue weighted by Gasteiger charge is 2.13. The number of nitrogens with zero attached hydrogens (tertiary/aromatic N) is 2. The van der Waals surface area contributed by atoms with Gasteiger partial charge in [0.2, 0.25) is 5.91 Å². The van der Waals surface area contributed by atoms with Gasteiger partial charge in [0.25, 0.3) is 0 Å². The Morgan fingerprint density at radius 3 is 2.91 bits per heavy atom. The second kappa shape index (κ2) is 7.66. The maximum absolute atomic E-state index is 13.1. The number of likely N-dealkylation sites (tertiary alicyclic amines) is 1. The maximum Gasteiger partial charge on any atom is 0.230 e. The third kappa shape index (κ3) is 4.84. The van der Waals surface area contributed by atoms with Crippen molar-refractivity contribution in [1.82, 2.24) is 9.88 Å². The third-order valence-corrected chi connectivity index (χ3v) is 4.74. The number of aromatic nitrogens is 1. The Morgan fingerprint density at radius 2 is 2.13 bits per heavy atom. The Hall–Kier alpha value is -1.79. The van der Waals surface area contributed by atoms with Crippen LogP contribution in [-0.4, -0.2) is 28.9 Å². The average molecular weight is 333 g/mol. The zero-order valence-electron chi connectivity index (χ0n) is 12.9. The highest BCUT2D eigenvalue weighted by Crippen LogP contribution is 2.17. The zero-order valence-corrected chi connectivity index (χ0v) is 13.7. The number of nitrogens with one attached hydrogen (secondary N) is 1. The first-order chi connectivity index (χ1) is 11.2. The first kappa shape index (κ1) is 16.1. The molecule has 1 saturated heterocycles. The quantitative estimate of drug-likeness (QED) is 0.911. The minimum Gasteiger partial charge on any atom is -0.326 e. The van der Waals surface area contributed by atoms with Gasteiger partial charge in [-0.1, -0.05) is 12.5 Å². The van der Waals surface area contributed by atoms with Crippen molar-refractivity contribution in [3.05, 3.63) is 46.2 Å². The molecule has 2 aromatic rings. The Morgan fingerprint density at radius 1 is 1.30 bits per heavy atom. The van der Waals surface area contributed by atoms with Gasteiger partial charge >= 0.3 is 0 Å². The molecule has 122 valence electrons. The molecule has 1 aromatic carbocycles. The Balaban J connectivity index is 1.52. The van der Waals surface area contributed by atoms with E-state index >= 15 is 0 Å². The first-order valence-electron chi connectivity index (χ1n) is 7.90. The summed E-state index contributed by atoms with van der Waals surface area (Å²) in [6.07, 6.45) is 4.05. The van der Waals surface area contributed by atoms with Crippen molar-refractivity contribution in [2.45, 2.75) is 32.2 Å². The van der Waals surface area contributed by atoms with Crippen LogP contribution >= 0.6 is 11.3 Å². The van der Waals surface area contributed by atoms with E-state index in [1.807, 2.05) is 5.38 Å². The van der Waals surface area contributed by atoms with E-state index in [0.29, 0.717) is 5.69 Å². The van der Waals surface area contributed by atoms with Crippen LogP contribution in [0.4, 0.5) is 10.1 Å². The van der Waals surface area contributed by atoms with E-state index in [9.17, 15) is 9.18 Å². The van der Waals surface area contributed by atoms with Crippen LogP contribution in [0, 0.1) is 5.82 Å². The molecule has 3 rings (SSSR count). The van der Waals surface area contributed by atoms with E-state index in [4.69, 9.17) is 0 Å². The predicted octanol–water partition coefficient (Wildman–Crippen LogP) is 3.45. The number of piperidine rings is 1. The van der Waals surface area contributed by atoms with Crippen molar-refractivity contribution in [1.29, 1.82) is 0 Å². The molecule has 0 unspecified atom stereocenters. The molecule has 23 heavy (non-hydrogen) atoms. The fourth-order valence-electron chi connectivity index (χ4n) is 2.75. The fraction of sp³-hybridized carbons (Fsp3) is 0.412. The molecule has 1 aliphatic heterocycles. The molecule has 0 radical (unpaired) electrons. The topological polar surface area (TPSA) is 45.2 Å². The molecule has 1 amide bonds. The van der Waals surface area contributed by atoms with Gasteiger partial charge in [-0.25, -0.2) is 9.37 Å². The van der Waals surface area contributed by atoms with Gasteiger partial charge in [-0.05, 0) is 44.1 Å². The third-order valence-electron chi connectivity index (χ3n) is 3.86.